The number of amides is 1. The first-order chi connectivity index (χ1) is 7.27. The number of carbonyl (C=O) groups is 1. The first-order valence-electron chi connectivity index (χ1n) is 6.21. The molecule has 0 heterocycles. The number of hydrogen-bond acceptors (Lipinski definition) is 2. The van der Waals surface area contributed by atoms with E-state index in [2.05, 4.69) is 45.3 Å². The van der Waals surface area contributed by atoms with Crippen molar-refractivity contribution in [3.8, 4) is 0 Å². The standard InChI is InChI=1S/C13H28N2O.ClH/c1-10(2)7-8-11(13(3,4)5)15-12(16)9-14-6;/h10-11,14H,7-9H2,1-6H3,(H,15,16);1H. The Balaban J connectivity index is 0. The Morgan fingerprint density at radius 1 is 1.18 bits per heavy atom. The molecular formula is C13H29ClN2O. The molecule has 1 atom stereocenters. The van der Waals surface area contributed by atoms with Gasteiger partial charge in [-0.15, -0.1) is 12.4 Å². The number of halogens is 1. The SMILES string of the molecule is CNCC(=O)NC(CCC(C)C)C(C)(C)C.Cl. The van der Waals surface area contributed by atoms with E-state index in [0.717, 1.165) is 12.8 Å². The van der Waals surface area contributed by atoms with Crippen LogP contribution >= 0.6 is 12.4 Å². The topological polar surface area (TPSA) is 41.1 Å². The summed E-state index contributed by atoms with van der Waals surface area (Å²) in [5.74, 6) is 0.775. The van der Waals surface area contributed by atoms with Crippen LogP contribution in [-0.2, 0) is 4.79 Å². The molecule has 0 aromatic heterocycles. The fourth-order valence-electron chi connectivity index (χ4n) is 1.63. The summed E-state index contributed by atoms with van der Waals surface area (Å²) in [7, 11) is 1.79. The molecule has 0 aliphatic rings. The summed E-state index contributed by atoms with van der Waals surface area (Å²) in [4.78, 5) is 11.6. The Labute approximate surface area is 113 Å². The van der Waals surface area contributed by atoms with Crippen LogP contribution in [0.3, 0.4) is 0 Å². The fourth-order valence-corrected chi connectivity index (χ4v) is 1.63. The maximum absolute atomic E-state index is 11.6. The molecule has 0 fully saturated rings. The molecule has 0 aliphatic heterocycles. The minimum atomic E-state index is 0. The van der Waals surface area contributed by atoms with Crippen molar-refractivity contribution in [2.45, 2.75) is 53.5 Å². The molecule has 1 amide bonds. The molecule has 0 rings (SSSR count). The Bertz CT molecular complexity index is 212. The fraction of sp³-hybridized carbons (Fsp3) is 0.923. The molecular weight excluding hydrogens is 236 g/mol. The number of rotatable bonds is 6. The van der Waals surface area contributed by atoms with Crippen molar-refractivity contribution in [2.24, 2.45) is 11.3 Å². The van der Waals surface area contributed by atoms with Crippen molar-refractivity contribution in [3.63, 3.8) is 0 Å². The lowest BCUT2D eigenvalue weighted by molar-refractivity contribution is -0.121. The van der Waals surface area contributed by atoms with Gasteiger partial charge in [-0.05, 0) is 31.2 Å². The predicted molar refractivity (Wildman–Crippen MR) is 76.6 cm³/mol. The highest BCUT2D eigenvalue weighted by Gasteiger charge is 2.25. The first kappa shape index (κ1) is 19.1. The highest BCUT2D eigenvalue weighted by Crippen LogP contribution is 2.24. The molecule has 0 radical (unpaired) electrons. The molecule has 3 nitrogen and oxygen atoms in total. The van der Waals surface area contributed by atoms with Crippen molar-refractivity contribution in [1.29, 1.82) is 0 Å². The van der Waals surface area contributed by atoms with Gasteiger partial charge in [0.15, 0.2) is 0 Å². The minimum Gasteiger partial charge on any atom is -0.352 e. The lowest BCUT2D eigenvalue weighted by Crippen LogP contribution is -2.46. The first-order valence-corrected chi connectivity index (χ1v) is 6.21. The third kappa shape index (κ3) is 9.42. The summed E-state index contributed by atoms with van der Waals surface area (Å²) >= 11 is 0. The van der Waals surface area contributed by atoms with Gasteiger partial charge in [-0.3, -0.25) is 4.79 Å². The number of nitrogens with one attached hydrogen (secondary N) is 2. The lowest BCUT2D eigenvalue weighted by Gasteiger charge is -2.32. The second kappa shape index (κ2) is 8.76. The number of carbonyl (C=O) groups excluding carboxylic acids is 1. The zero-order chi connectivity index (χ0) is 12.8. The number of hydrogen-bond donors (Lipinski definition) is 2. The van der Waals surface area contributed by atoms with E-state index in [4.69, 9.17) is 0 Å². The minimum absolute atomic E-state index is 0. The van der Waals surface area contributed by atoms with Gasteiger partial charge in [0, 0.05) is 6.04 Å². The Hall–Kier alpha value is -0.280. The van der Waals surface area contributed by atoms with Crippen molar-refractivity contribution >= 4 is 18.3 Å². The van der Waals surface area contributed by atoms with E-state index in [-0.39, 0.29) is 29.8 Å². The van der Waals surface area contributed by atoms with E-state index < -0.39 is 0 Å². The highest BCUT2D eigenvalue weighted by molar-refractivity contribution is 5.85. The molecule has 4 heteroatoms. The average molecular weight is 265 g/mol. The molecule has 0 aromatic carbocycles. The number of likely N-dealkylation sites (N-methyl/N-ethyl adjacent to an activating group) is 1. The van der Waals surface area contributed by atoms with Crippen LogP contribution in [0.5, 0.6) is 0 Å². The van der Waals surface area contributed by atoms with Crippen LogP contribution in [0.15, 0.2) is 0 Å². The monoisotopic (exact) mass is 264 g/mol. The summed E-state index contributed by atoms with van der Waals surface area (Å²) < 4.78 is 0. The summed E-state index contributed by atoms with van der Waals surface area (Å²) in [6.45, 7) is 11.4. The third-order valence-electron chi connectivity index (χ3n) is 2.75. The largest absolute Gasteiger partial charge is 0.352 e. The zero-order valence-corrected chi connectivity index (χ0v) is 12.9. The summed E-state index contributed by atoms with van der Waals surface area (Å²) in [5.41, 5.74) is 0.123. The van der Waals surface area contributed by atoms with Crippen molar-refractivity contribution < 1.29 is 4.79 Å². The predicted octanol–water partition coefficient (Wildman–Crippen LogP) is 2.59. The molecule has 17 heavy (non-hydrogen) atoms. The second-order valence-corrected chi connectivity index (χ2v) is 5.99. The summed E-state index contributed by atoms with van der Waals surface area (Å²) in [6, 6.07) is 0.260. The highest BCUT2D eigenvalue weighted by atomic mass is 35.5. The Morgan fingerprint density at radius 2 is 1.71 bits per heavy atom. The van der Waals surface area contributed by atoms with E-state index in [1.165, 1.54) is 0 Å². The maximum Gasteiger partial charge on any atom is 0.234 e. The molecule has 0 saturated heterocycles. The van der Waals surface area contributed by atoms with E-state index in [9.17, 15) is 4.79 Å². The Morgan fingerprint density at radius 3 is 2.06 bits per heavy atom. The van der Waals surface area contributed by atoms with Gasteiger partial charge in [-0.1, -0.05) is 34.6 Å². The molecule has 1 unspecified atom stereocenters. The van der Waals surface area contributed by atoms with Gasteiger partial charge in [0.05, 0.1) is 6.54 Å². The van der Waals surface area contributed by atoms with Gasteiger partial charge in [0.1, 0.15) is 0 Å². The van der Waals surface area contributed by atoms with E-state index in [1.807, 2.05) is 0 Å². The van der Waals surface area contributed by atoms with E-state index >= 15 is 0 Å². The zero-order valence-electron chi connectivity index (χ0n) is 12.1. The molecule has 0 bridgehead atoms. The van der Waals surface area contributed by atoms with Crippen LogP contribution in [0.1, 0.15) is 47.5 Å². The molecule has 0 saturated carbocycles. The summed E-state index contributed by atoms with van der Waals surface area (Å²) in [6.07, 6.45) is 2.21. The summed E-state index contributed by atoms with van der Waals surface area (Å²) in [5, 5.41) is 5.99. The van der Waals surface area contributed by atoms with Gasteiger partial charge >= 0.3 is 0 Å². The second-order valence-electron chi connectivity index (χ2n) is 5.99. The van der Waals surface area contributed by atoms with Crippen molar-refractivity contribution in [2.75, 3.05) is 13.6 Å². The molecule has 0 aromatic rings. The van der Waals surface area contributed by atoms with Crippen LogP contribution in [0.25, 0.3) is 0 Å². The van der Waals surface area contributed by atoms with Crippen LogP contribution in [0.4, 0.5) is 0 Å². The maximum atomic E-state index is 11.6. The van der Waals surface area contributed by atoms with Gasteiger partial charge in [-0.25, -0.2) is 0 Å². The van der Waals surface area contributed by atoms with Gasteiger partial charge in [0.2, 0.25) is 5.91 Å². The van der Waals surface area contributed by atoms with Gasteiger partial charge in [0.25, 0.3) is 0 Å². The van der Waals surface area contributed by atoms with Crippen molar-refractivity contribution in [1.82, 2.24) is 10.6 Å². The Kier molecular flexibility index (Phi) is 9.82. The van der Waals surface area contributed by atoms with Crippen molar-refractivity contribution in [3.05, 3.63) is 0 Å². The van der Waals surface area contributed by atoms with Crippen LogP contribution < -0.4 is 10.6 Å². The van der Waals surface area contributed by atoms with Crippen LogP contribution in [0.2, 0.25) is 0 Å². The molecule has 2 N–H and O–H groups in total. The van der Waals surface area contributed by atoms with Gasteiger partial charge < -0.3 is 10.6 Å². The normalized spacial score (nSPS) is 13.1. The van der Waals surface area contributed by atoms with Gasteiger partial charge in [-0.2, -0.15) is 0 Å². The van der Waals surface area contributed by atoms with E-state index in [1.54, 1.807) is 7.05 Å². The molecule has 0 aliphatic carbocycles. The van der Waals surface area contributed by atoms with Crippen LogP contribution in [-0.4, -0.2) is 25.5 Å². The van der Waals surface area contributed by atoms with E-state index in [0.29, 0.717) is 12.5 Å². The molecule has 0 spiro atoms. The third-order valence-corrected chi connectivity index (χ3v) is 2.75. The smallest absolute Gasteiger partial charge is 0.234 e. The lowest BCUT2D eigenvalue weighted by atomic mass is 9.83. The average Bonchev–Trinajstić information content (AvgIpc) is 2.10. The molecule has 104 valence electrons. The van der Waals surface area contributed by atoms with Crippen LogP contribution in [0, 0.1) is 11.3 Å². The quantitative estimate of drug-likeness (QED) is 0.774.